The molecular weight excluding hydrogens is 384 g/mol. The second-order valence-corrected chi connectivity index (χ2v) is 7.95. The molecule has 0 saturated carbocycles. The Kier molecular flexibility index (Phi) is 4.49. The van der Waals surface area contributed by atoms with Gasteiger partial charge in [-0.1, -0.05) is 41.7 Å². The Morgan fingerprint density at radius 1 is 0.966 bits per heavy atom. The summed E-state index contributed by atoms with van der Waals surface area (Å²) in [5.74, 6) is 0.724. The Bertz CT molecular complexity index is 1220. The Morgan fingerprint density at radius 2 is 1.72 bits per heavy atom. The van der Waals surface area contributed by atoms with Gasteiger partial charge in [0.25, 0.3) is 5.56 Å². The molecule has 3 heterocycles. The maximum Gasteiger partial charge on any atom is 0.277 e. The van der Waals surface area contributed by atoms with Crippen molar-refractivity contribution in [2.45, 2.75) is 0 Å². The van der Waals surface area contributed by atoms with Gasteiger partial charge < -0.3 is 16.0 Å². The van der Waals surface area contributed by atoms with Crippen LogP contribution >= 0.6 is 11.3 Å². The number of nitrogens with one attached hydrogen (secondary N) is 1. The number of nitrogen functional groups attached to an aromatic ring is 1. The third-order valence-electron chi connectivity index (χ3n) is 5.03. The van der Waals surface area contributed by atoms with Crippen molar-refractivity contribution >= 4 is 27.8 Å². The standard InChI is InChI=1S/C21H20N6OS/c22-17-6-4-14(5-7-17)15-2-1-3-16(12-15)20-25-27-19(28)13-18(24-21(27)29-20)26-10-8-23-9-11-26/h1-7,12-13,23H,8-11,22H2. The molecule has 0 amide bonds. The summed E-state index contributed by atoms with van der Waals surface area (Å²) in [5.41, 5.74) is 9.49. The van der Waals surface area contributed by atoms with Crippen LogP contribution in [-0.4, -0.2) is 40.8 Å². The van der Waals surface area contributed by atoms with E-state index in [0.29, 0.717) is 4.96 Å². The minimum absolute atomic E-state index is 0.152. The van der Waals surface area contributed by atoms with E-state index in [1.54, 1.807) is 6.07 Å². The van der Waals surface area contributed by atoms with Gasteiger partial charge in [-0.25, -0.2) is 4.98 Å². The van der Waals surface area contributed by atoms with Gasteiger partial charge in [0.05, 0.1) is 0 Å². The molecule has 1 aliphatic heterocycles. The Hall–Kier alpha value is -3.23. The van der Waals surface area contributed by atoms with Gasteiger partial charge in [0.2, 0.25) is 4.96 Å². The van der Waals surface area contributed by atoms with Crippen LogP contribution in [-0.2, 0) is 0 Å². The smallest absolute Gasteiger partial charge is 0.277 e. The molecule has 8 heteroatoms. The average molecular weight is 404 g/mol. The Balaban J connectivity index is 1.53. The molecule has 0 atom stereocenters. The summed E-state index contributed by atoms with van der Waals surface area (Å²) in [6, 6.07) is 17.5. The summed E-state index contributed by atoms with van der Waals surface area (Å²) in [7, 11) is 0. The van der Waals surface area contributed by atoms with Crippen molar-refractivity contribution < 1.29 is 0 Å². The minimum atomic E-state index is -0.152. The minimum Gasteiger partial charge on any atom is -0.399 e. The van der Waals surface area contributed by atoms with Crippen molar-refractivity contribution in [1.82, 2.24) is 19.9 Å². The molecule has 2 aromatic carbocycles. The number of rotatable bonds is 3. The SMILES string of the molecule is Nc1ccc(-c2cccc(-c3nn4c(=O)cc(N5CCNCC5)nc4s3)c2)cc1. The second-order valence-electron chi connectivity index (χ2n) is 6.99. The van der Waals surface area contributed by atoms with E-state index in [1.807, 2.05) is 36.4 Å². The fraction of sp³-hybridized carbons (Fsp3) is 0.190. The first-order chi connectivity index (χ1) is 14.2. The van der Waals surface area contributed by atoms with Crippen molar-refractivity contribution in [2.75, 3.05) is 36.8 Å². The molecule has 5 rings (SSSR count). The highest BCUT2D eigenvalue weighted by molar-refractivity contribution is 7.19. The van der Waals surface area contributed by atoms with E-state index in [-0.39, 0.29) is 5.56 Å². The van der Waals surface area contributed by atoms with Crippen LogP contribution in [0.1, 0.15) is 0 Å². The zero-order chi connectivity index (χ0) is 19.8. The average Bonchev–Trinajstić information content (AvgIpc) is 3.20. The molecule has 1 fully saturated rings. The summed E-state index contributed by atoms with van der Waals surface area (Å²) in [4.78, 5) is 20.1. The number of aromatic nitrogens is 3. The lowest BCUT2D eigenvalue weighted by Gasteiger charge is -2.27. The molecule has 7 nitrogen and oxygen atoms in total. The molecule has 0 bridgehead atoms. The van der Waals surface area contributed by atoms with Gasteiger partial charge in [-0.15, -0.1) is 0 Å². The van der Waals surface area contributed by atoms with E-state index in [0.717, 1.165) is 59.4 Å². The van der Waals surface area contributed by atoms with Crippen LogP contribution in [0.3, 0.4) is 0 Å². The number of nitrogens with zero attached hydrogens (tertiary/aromatic N) is 4. The molecule has 4 aromatic rings. The zero-order valence-electron chi connectivity index (χ0n) is 15.7. The molecule has 0 spiro atoms. The number of hydrogen-bond donors (Lipinski definition) is 2. The number of nitrogens with two attached hydrogens (primary N) is 1. The highest BCUT2D eigenvalue weighted by Gasteiger charge is 2.16. The van der Waals surface area contributed by atoms with Crippen LogP contribution in [0.25, 0.3) is 26.7 Å². The molecule has 1 saturated heterocycles. The Morgan fingerprint density at radius 3 is 2.52 bits per heavy atom. The predicted octanol–water partition coefficient (Wildman–Crippen LogP) is 2.48. The largest absolute Gasteiger partial charge is 0.399 e. The van der Waals surface area contributed by atoms with E-state index < -0.39 is 0 Å². The molecule has 0 unspecified atom stereocenters. The first kappa shape index (κ1) is 17.8. The molecule has 3 N–H and O–H groups in total. The lowest BCUT2D eigenvalue weighted by Crippen LogP contribution is -2.44. The summed E-state index contributed by atoms with van der Waals surface area (Å²) in [6.07, 6.45) is 0. The third kappa shape index (κ3) is 3.48. The molecule has 29 heavy (non-hydrogen) atoms. The van der Waals surface area contributed by atoms with E-state index in [2.05, 4.69) is 27.4 Å². The normalized spacial score (nSPS) is 14.4. The highest BCUT2D eigenvalue weighted by Crippen LogP contribution is 2.29. The lowest BCUT2D eigenvalue weighted by atomic mass is 10.0. The lowest BCUT2D eigenvalue weighted by molar-refractivity contribution is 0.584. The first-order valence-electron chi connectivity index (χ1n) is 9.50. The van der Waals surface area contributed by atoms with Crippen LogP contribution in [0, 0.1) is 0 Å². The molecular formula is C21H20N6OS. The van der Waals surface area contributed by atoms with Crippen LogP contribution < -0.4 is 21.5 Å². The topological polar surface area (TPSA) is 88.5 Å². The van der Waals surface area contributed by atoms with Crippen LogP contribution in [0.4, 0.5) is 11.5 Å². The monoisotopic (exact) mass is 404 g/mol. The van der Waals surface area contributed by atoms with Gasteiger partial charge in [-0.2, -0.15) is 9.61 Å². The first-order valence-corrected chi connectivity index (χ1v) is 10.3. The second kappa shape index (κ2) is 7.31. The summed E-state index contributed by atoms with van der Waals surface area (Å²) in [5, 5.41) is 8.61. The molecule has 0 radical (unpaired) electrons. The predicted molar refractivity (Wildman–Crippen MR) is 118 cm³/mol. The molecule has 146 valence electrons. The van der Waals surface area contributed by atoms with Gasteiger partial charge in [0.15, 0.2) is 0 Å². The van der Waals surface area contributed by atoms with Crippen LogP contribution in [0.2, 0.25) is 0 Å². The van der Waals surface area contributed by atoms with Gasteiger partial charge >= 0.3 is 0 Å². The van der Waals surface area contributed by atoms with Crippen molar-refractivity contribution in [3.63, 3.8) is 0 Å². The van der Waals surface area contributed by atoms with Gasteiger partial charge in [-0.3, -0.25) is 4.79 Å². The van der Waals surface area contributed by atoms with Crippen LogP contribution in [0.15, 0.2) is 59.4 Å². The van der Waals surface area contributed by atoms with E-state index in [4.69, 9.17) is 10.7 Å². The number of anilines is 2. The molecule has 0 aliphatic carbocycles. The number of fused-ring (bicyclic) bond motifs is 1. The highest BCUT2D eigenvalue weighted by atomic mass is 32.1. The van der Waals surface area contributed by atoms with Crippen molar-refractivity contribution in [1.29, 1.82) is 0 Å². The van der Waals surface area contributed by atoms with Crippen LogP contribution in [0.5, 0.6) is 0 Å². The Labute approximate surface area is 171 Å². The zero-order valence-corrected chi connectivity index (χ0v) is 16.5. The van der Waals surface area contributed by atoms with Crippen molar-refractivity contribution in [3.05, 3.63) is 65.0 Å². The summed E-state index contributed by atoms with van der Waals surface area (Å²) >= 11 is 1.43. The van der Waals surface area contributed by atoms with Gasteiger partial charge in [0, 0.05) is 43.5 Å². The number of hydrogen-bond acceptors (Lipinski definition) is 7. The molecule has 1 aliphatic rings. The van der Waals surface area contributed by atoms with E-state index >= 15 is 0 Å². The maximum atomic E-state index is 12.6. The number of benzene rings is 2. The van der Waals surface area contributed by atoms with Gasteiger partial charge in [0.1, 0.15) is 10.8 Å². The van der Waals surface area contributed by atoms with E-state index in [9.17, 15) is 4.79 Å². The maximum absolute atomic E-state index is 12.6. The third-order valence-corrected chi connectivity index (χ3v) is 5.98. The molecule has 2 aromatic heterocycles. The summed E-state index contributed by atoms with van der Waals surface area (Å²) in [6.45, 7) is 3.48. The quantitative estimate of drug-likeness (QED) is 0.510. The fourth-order valence-corrected chi connectivity index (χ4v) is 4.38. The van der Waals surface area contributed by atoms with Crippen molar-refractivity contribution in [3.8, 4) is 21.7 Å². The van der Waals surface area contributed by atoms with E-state index in [1.165, 1.54) is 15.9 Å². The fourth-order valence-electron chi connectivity index (χ4n) is 3.48. The summed E-state index contributed by atoms with van der Waals surface area (Å²) < 4.78 is 1.39. The van der Waals surface area contributed by atoms with Gasteiger partial charge in [-0.05, 0) is 29.3 Å². The number of piperazine rings is 1. The van der Waals surface area contributed by atoms with Crippen molar-refractivity contribution in [2.24, 2.45) is 0 Å².